The predicted molar refractivity (Wildman–Crippen MR) is 101 cm³/mol. The van der Waals surface area contributed by atoms with E-state index in [2.05, 4.69) is 10.6 Å². The summed E-state index contributed by atoms with van der Waals surface area (Å²) in [5.41, 5.74) is 3.49. The molecule has 0 spiro atoms. The first-order chi connectivity index (χ1) is 12.7. The van der Waals surface area contributed by atoms with Crippen LogP contribution in [-0.2, 0) is 17.8 Å². The Morgan fingerprint density at radius 3 is 2.35 bits per heavy atom. The van der Waals surface area contributed by atoms with Gasteiger partial charge in [-0.1, -0.05) is 24.3 Å². The fourth-order valence-electron chi connectivity index (χ4n) is 2.71. The van der Waals surface area contributed by atoms with Crippen molar-refractivity contribution < 1.29 is 9.59 Å². The van der Waals surface area contributed by atoms with Crippen LogP contribution in [-0.4, -0.2) is 23.4 Å². The molecule has 2 aromatic carbocycles. The molecule has 5 heteroatoms. The summed E-state index contributed by atoms with van der Waals surface area (Å²) in [6, 6.07) is 19.1. The van der Waals surface area contributed by atoms with Crippen LogP contribution >= 0.6 is 0 Å². The van der Waals surface area contributed by atoms with E-state index in [-0.39, 0.29) is 11.8 Å². The van der Waals surface area contributed by atoms with E-state index in [0.29, 0.717) is 18.5 Å². The Morgan fingerprint density at radius 1 is 0.923 bits per heavy atom. The highest BCUT2D eigenvalue weighted by molar-refractivity contribution is 5.94. The Hall–Kier alpha value is -3.34. The zero-order valence-corrected chi connectivity index (χ0v) is 14.6. The summed E-state index contributed by atoms with van der Waals surface area (Å²) in [5.74, 6) is -0.190. The van der Waals surface area contributed by atoms with Crippen LogP contribution in [0.25, 0.3) is 5.69 Å². The predicted octanol–water partition coefficient (Wildman–Crippen LogP) is 2.70. The zero-order valence-electron chi connectivity index (χ0n) is 14.6. The second-order valence-electron chi connectivity index (χ2n) is 5.99. The van der Waals surface area contributed by atoms with E-state index in [1.165, 1.54) is 0 Å². The fourth-order valence-corrected chi connectivity index (χ4v) is 2.71. The molecule has 0 radical (unpaired) electrons. The molecule has 0 aliphatic carbocycles. The van der Waals surface area contributed by atoms with Gasteiger partial charge in [-0.15, -0.1) is 0 Å². The van der Waals surface area contributed by atoms with Gasteiger partial charge in [0.1, 0.15) is 0 Å². The molecule has 0 saturated heterocycles. The van der Waals surface area contributed by atoms with Gasteiger partial charge < -0.3 is 15.2 Å². The second-order valence-corrected chi connectivity index (χ2v) is 5.99. The third-order valence-electron chi connectivity index (χ3n) is 4.11. The summed E-state index contributed by atoms with van der Waals surface area (Å²) in [6.45, 7) is 0.394. The van der Waals surface area contributed by atoms with Gasteiger partial charge in [-0.3, -0.25) is 9.59 Å². The first kappa shape index (κ1) is 17.5. The number of rotatable bonds is 6. The van der Waals surface area contributed by atoms with Crippen LogP contribution in [0.2, 0.25) is 0 Å². The van der Waals surface area contributed by atoms with Crippen molar-refractivity contribution in [3.63, 3.8) is 0 Å². The molecule has 0 fully saturated rings. The first-order valence-corrected chi connectivity index (χ1v) is 8.46. The maximum Gasteiger partial charge on any atom is 0.251 e. The fraction of sp³-hybridized carbons (Fsp3) is 0.143. The third-order valence-corrected chi connectivity index (χ3v) is 4.11. The van der Waals surface area contributed by atoms with Gasteiger partial charge in [0.25, 0.3) is 5.91 Å². The number of hydrogen-bond donors (Lipinski definition) is 2. The van der Waals surface area contributed by atoms with E-state index in [9.17, 15) is 9.59 Å². The van der Waals surface area contributed by atoms with Crippen molar-refractivity contribution in [2.45, 2.75) is 13.0 Å². The lowest BCUT2D eigenvalue weighted by Gasteiger charge is -2.08. The Bertz CT molecular complexity index is 884. The Kier molecular flexibility index (Phi) is 5.49. The average Bonchev–Trinajstić information content (AvgIpc) is 3.21. The van der Waals surface area contributed by atoms with Crippen LogP contribution in [0.15, 0.2) is 73.1 Å². The molecule has 0 atom stereocenters. The van der Waals surface area contributed by atoms with E-state index in [1.807, 2.05) is 65.5 Å². The minimum atomic E-state index is -0.138. The van der Waals surface area contributed by atoms with Crippen LogP contribution in [0, 0.1) is 0 Å². The molecule has 3 aromatic rings. The summed E-state index contributed by atoms with van der Waals surface area (Å²) >= 11 is 0. The van der Waals surface area contributed by atoms with Crippen molar-refractivity contribution in [2.75, 3.05) is 7.05 Å². The van der Waals surface area contributed by atoms with Gasteiger partial charge in [0, 0.05) is 37.2 Å². The largest absolute Gasteiger partial charge is 0.355 e. The molecule has 0 bridgehead atoms. The lowest BCUT2D eigenvalue weighted by molar-refractivity contribution is -0.120. The summed E-state index contributed by atoms with van der Waals surface area (Å²) in [7, 11) is 1.60. The molecule has 1 aromatic heterocycles. The summed E-state index contributed by atoms with van der Waals surface area (Å²) in [6.07, 6.45) is 4.28. The molecule has 0 unspecified atom stereocenters. The van der Waals surface area contributed by atoms with Crippen LogP contribution in [0.3, 0.4) is 0 Å². The summed E-state index contributed by atoms with van der Waals surface area (Å²) in [4.78, 5) is 23.8. The van der Waals surface area contributed by atoms with Crippen LogP contribution < -0.4 is 10.6 Å². The van der Waals surface area contributed by atoms with Crippen molar-refractivity contribution in [3.05, 3.63) is 89.7 Å². The van der Waals surface area contributed by atoms with Gasteiger partial charge in [0.2, 0.25) is 5.91 Å². The standard InChI is InChI=1S/C21H21N3O2/c1-22-21(26)18-6-4-5-17(13-18)15-23-20(25)14-16-7-9-19(10-8-16)24-11-2-3-12-24/h2-13H,14-15H2,1H3,(H,22,26)(H,23,25). The Morgan fingerprint density at radius 2 is 1.65 bits per heavy atom. The number of nitrogens with one attached hydrogen (secondary N) is 2. The smallest absolute Gasteiger partial charge is 0.251 e. The van der Waals surface area contributed by atoms with Crippen LogP contribution in [0.1, 0.15) is 21.5 Å². The number of nitrogens with zero attached hydrogens (tertiary/aromatic N) is 1. The van der Waals surface area contributed by atoms with E-state index in [4.69, 9.17) is 0 Å². The first-order valence-electron chi connectivity index (χ1n) is 8.46. The van der Waals surface area contributed by atoms with Crippen molar-refractivity contribution in [1.29, 1.82) is 0 Å². The van der Waals surface area contributed by atoms with E-state index >= 15 is 0 Å². The topological polar surface area (TPSA) is 63.1 Å². The monoisotopic (exact) mass is 347 g/mol. The number of aromatic nitrogens is 1. The molecule has 132 valence electrons. The average molecular weight is 347 g/mol. The molecule has 0 saturated carbocycles. The SMILES string of the molecule is CNC(=O)c1cccc(CNC(=O)Cc2ccc(-n3cccc3)cc2)c1. The van der Waals surface area contributed by atoms with Gasteiger partial charge in [-0.2, -0.15) is 0 Å². The molecular formula is C21H21N3O2. The highest BCUT2D eigenvalue weighted by atomic mass is 16.2. The quantitative estimate of drug-likeness (QED) is 0.720. The number of benzene rings is 2. The van der Waals surface area contributed by atoms with Gasteiger partial charge in [-0.05, 0) is 47.5 Å². The lowest BCUT2D eigenvalue weighted by Crippen LogP contribution is -2.25. The van der Waals surface area contributed by atoms with E-state index < -0.39 is 0 Å². The maximum absolute atomic E-state index is 12.2. The minimum absolute atomic E-state index is 0.0518. The minimum Gasteiger partial charge on any atom is -0.355 e. The van der Waals surface area contributed by atoms with Crippen molar-refractivity contribution in [1.82, 2.24) is 15.2 Å². The Balaban J connectivity index is 1.55. The van der Waals surface area contributed by atoms with Gasteiger partial charge >= 0.3 is 0 Å². The Labute approximate surface area is 152 Å². The van der Waals surface area contributed by atoms with E-state index in [1.54, 1.807) is 19.2 Å². The summed E-state index contributed by atoms with van der Waals surface area (Å²) < 4.78 is 2.02. The maximum atomic E-state index is 12.2. The molecule has 2 N–H and O–H groups in total. The second kappa shape index (κ2) is 8.16. The van der Waals surface area contributed by atoms with Gasteiger partial charge in [0.05, 0.1) is 6.42 Å². The highest BCUT2D eigenvalue weighted by Crippen LogP contribution is 2.11. The summed E-state index contributed by atoms with van der Waals surface area (Å²) in [5, 5.41) is 5.49. The van der Waals surface area contributed by atoms with Crippen molar-refractivity contribution in [2.24, 2.45) is 0 Å². The van der Waals surface area contributed by atoms with Crippen molar-refractivity contribution >= 4 is 11.8 Å². The normalized spacial score (nSPS) is 10.3. The zero-order chi connectivity index (χ0) is 18.4. The number of hydrogen-bond acceptors (Lipinski definition) is 2. The molecule has 3 rings (SSSR count). The number of carbonyl (C=O) groups excluding carboxylic acids is 2. The third kappa shape index (κ3) is 4.39. The molecule has 2 amide bonds. The number of amides is 2. The van der Waals surface area contributed by atoms with Crippen molar-refractivity contribution in [3.8, 4) is 5.69 Å². The molecule has 5 nitrogen and oxygen atoms in total. The van der Waals surface area contributed by atoms with Gasteiger partial charge in [-0.25, -0.2) is 0 Å². The van der Waals surface area contributed by atoms with Gasteiger partial charge in [0.15, 0.2) is 0 Å². The van der Waals surface area contributed by atoms with E-state index in [0.717, 1.165) is 16.8 Å². The molecule has 0 aliphatic heterocycles. The molecular weight excluding hydrogens is 326 g/mol. The number of carbonyl (C=O) groups is 2. The molecule has 0 aliphatic rings. The van der Waals surface area contributed by atoms with Crippen LogP contribution in [0.4, 0.5) is 0 Å². The molecule has 26 heavy (non-hydrogen) atoms. The lowest BCUT2D eigenvalue weighted by atomic mass is 10.1. The molecule has 1 heterocycles. The highest BCUT2D eigenvalue weighted by Gasteiger charge is 2.06. The van der Waals surface area contributed by atoms with Crippen LogP contribution in [0.5, 0.6) is 0 Å².